The highest BCUT2D eigenvalue weighted by atomic mass is 19.4. The van der Waals surface area contributed by atoms with Gasteiger partial charge in [0.2, 0.25) is 0 Å². The minimum atomic E-state index is -4.47. The average Bonchev–Trinajstić information content (AvgIpc) is 2.70. The second-order valence-corrected chi connectivity index (χ2v) is 7.55. The van der Waals surface area contributed by atoms with Crippen molar-refractivity contribution in [3.63, 3.8) is 0 Å². The van der Waals surface area contributed by atoms with Gasteiger partial charge in [-0.05, 0) is 37.7 Å². The summed E-state index contributed by atoms with van der Waals surface area (Å²) in [4.78, 5) is 17.1. The van der Waals surface area contributed by atoms with Gasteiger partial charge in [0.1, 0.15) is 0 Å². The Bertz CT molecular complexity index is 828. The number of nitrogens with zero attached hydrogens (tertiary/aromatic N) is 2. The second kappa shape index (κ2) is 8.97. The van der Waals surface area contributed by atoms with Crippen molar-refractivity contribution >= 4 is 5.91 Å². The molecule has 1 saturated heterocycles. The van der Waals surface area contributed by atoms with Crippen LogP contribution < -0.4 is 5.32 Å². The fourth-order valence-corrected chi connectivity index (χ4v) is 3.51. The number of amides is 1. The first-order chi connectivity index (χ1) is 13.7. The summed E-state index contributed by atoms with van der Waals surface area (Å²) >= 11 is 0. The normalized spacial score (nSPS) is 17.1. The van der Waals surface area contributed by atoms with Crippen molar-refractivity contribution < 1.29 is 18.0 Å². The molecule has 29 heavy (non-hydrogen) atoms. The number of hydrogen-bond acceptors (Lipinski definition) is 3. The van der Waals surface area contributed by atoms with Crippen molar-refractivity contribution in [1.29, 1.82) is 0 Å². The first kappa shape index (κ1) is 21.3. The Labute approximate surface area is 169 Å². The quantitative estimate of drug-likeness (QED) is 0.823. The standard InChI is InChI=1S/C22H26F3N3O/c1-16-6-8-17(9-7-16)20(28-12-10-27(2)11-13-28)15-26-21(29)18-4-3-5-19(14-18)22(23,24)25/h3-9,14,20H,10-13,15H2,1-2H3,(H,26,29). The third kappa shape index (κ3) is 5.58. The Kier molecular flexibility index (Phi) is 6.59. The van der Waals surface area contributed by atoms with E-state index in [0.29, 0.717) is 6.54 Å². The van der Waals surface area contributed by atoms with Gasteiger partial charge in [-0.25, -0.2) is 0 Å². The SMILES string of the molecule is Cc1ccc(C(CNC(=O)c2cccc(C(F)(F)F)c2)N2CCN(C)CC2)cc1. The highest BCUT2D eigenvalue weighted by molar-refractivity contribution is 5.94. The van der Waals surface area contributed by atoms with Crippen molar-refractivity contribution in [2.45, 2.75) is 19.1 Å². The lowest BCUT2D eigenvalue weighted by Gasteiger charge is -2.38. The Balaban J connectivity index is 1.74. The molecule has 1 aliphatic rings. The Morgan fingerprint density at radius 3 is 2.34 bits per heavy atom. The number of likely N-dealkylation sites (N-methyl/N-ethyl adjacent to an activating group) is 1. The van der Waals surface area contributed by atoms with Crippen LogP contribution in [-0.4, -0.2) is 55.5 Å². The van der Waals surface area contributed by atoms with Crippen LogP contribution in [-0.2, 0) is 6.18 Å². The zero-order valence-electron chi connectivity index (χ0n) is 16.7. The zero-order valence-corrected chi connectivity index (χ0v) is 16.7. The maximum Gasteiger partial charge on any atom is 0.416 e. The highest BCUT2D eigenvalue weighted by Gasteiger charge is 2.31. The number of alkyl halides is 3. The molecule has 0 aliphatic carbocycles. The third-order valence-electron chi connectivity index (χ3n) is 5.35. The molecular formula is C22H26F3N3O. The van der Waals surface area contributed by atoms with Crippen LogP contribution in [0.25, 0.3) is 0 Å². The number of piperazine rings is 1. The molecule has 1 N–H and O–H groups in total. The van der Waals surface area contributed by atoms with Crippen LogP contribution in [0.3, 0.4) is 0 Å². The first-order valence-electron chi connectivity index (χ1n) is 9.68. The van der Waals surface area contributed by atoms with Crippen LogP contribution >= 0.6 is 0 Å². The third-order valence-corrected chi connectivity index (χ3v) is 5.35. The maximum absolute atomic E-state index is 12.9. The predicted molar refractivity (Wildman–Crippen MR) is 107 cm³/mol. The topological polar surface area (TPSA) is 35.6 Å². The molecule has 1 unspecified atom stereocenters. The van der Waals surface area contributed by atoms with Gasteiger partial charge in [0.15, 0.2) is 0 Å². The maximum atomic E-state index is 12.9. The van der Waals surface area contributed by atoms with Gasteiger partial charge in [0.05, 0.1) is 11.6 Å². The van der Waals surface area contributed by atoms with E-state index in [2.05, 4.69) is 34.3 Å². The van der Waals surface area contributed by atoms with Crippen LogP contribution in [0.4, 0.5) is 13.2 Å². The second-order valence-electron chi connectivity index (χ2n) is 7.55. The predicted octanol–water partition coefficient (Wildman–Crippen LogP) is 3.73. The number of carbonyl (C=O) groups is 1. The van der Waals surface area contributed by atoms with Gasteiger partial charge in [0.25, 0.3) is 5.91 Å². The molecule has 0 radical (unpaired) electrons. The van der Waals surface area contributed by atoms with E-state index in [-0.39, 0.29) is 11.6 Å². The van der Waals surface area contributed by atoms with Gasteiger partial charge in [-0.1, -0.05) is 35.9 Å². The molecule has 3 rings (SSSR count). The molecule has 4 nitrogen and oxygen atoms in total. The summed E-state index contributed by atoms with van der Waals surface area (Å²) in [7, 11) is 2.08. The van der Waals surface area contributed by atoms with Crippen LogP contribution in [0, 0.1) is 6.92 Å². The number of halogens is 3. The van der Waals surface area contributed by atoms with Gasteiger partial charge in [-0.3, -0.25) is 9.69 Å². The van der Waals surface area contributed by atoms with Gasteiger partial charge in [0, 0.05) is 38.3 Å². The van der Waals surface area contributed by atoms with Crippen LogP contribution in [0.5, 0.6) is 0 Å². The molecule has 0 saturated carbocycles. The van der Waals surface area contributed by atoms with Crippen molar-refractivity contribution in [2.75, 3.05) is 39.8 Å². The summed E-state index contributed by atoms with van der Waals surface area (Å²) in [6, 6.07) is 12.7. The largest absolute Gasteiger partial charge is 0.416 e. The van der Waals surface area contributed by atoms with E-state index in [1.165, 1.54) is 12.1 Å². The molecule has 2 aromatic carbocycles. The molecule has 0 aromatic heterocycles. The number of hydrogen-bond donors (Lipinski definition) is 1. The number of carbonyl (C=O) groups excluding carboxylic acids is 1. The highest BCUT2D eigenvalue weighted by Crippen LogP contribution is 2.29. The van der Waals surface area contributed by atoms with Gasteiger partial charge >= 0.3 is 6.18 Å². The Hall–Kier alpha value is -2.38. The summed E-state index contributed by atoms with van der Waals surface area (Å²) in [5.74, 6) is -0.498. The summed E-state index contributed by atoms with van der Waals surface area (Å²) in [5.41, 5.74) is 1.43. The Morgan fingerprint density at radius 1 is 1.07 bits per heavy atom. The molecule has 0 spiro atoms. The van der Waals surface area contributed by atoms with Crippen LogP contribution in [0.15, 0.2) is 48.5 Å². The van der Waals surface area contributed by atoms with E-state index in [0.717, 1.165) is 49.4 Å². The van der Waals surface area contributed by atoms with E-state index >= 15 is 0 Å². The molecule has 0 bridgehead atoms. The molecular weight excluding hydrogens is 379 g/mol. The lowest BCUT2D eigenvalue weighted by molar-refractivity contribution is -0.137. The zero-order chi connectivity index (χ0) is 21.0. The number of benzene rings is 2. The van der Waals surface area contributed by atoms with E-state index in [1.54, 1.807) is 0 Å². The summed E-state index contributed by atoms with van der Waals surface area (Å²) in [5, 5.41) is 2.84. The number of nitrogens with one attached hydrogen (secondary N) is 1. The van der Waals surface area contributed by atoms with Gasteiger partial charge in [-0.2, -0.15) is 13.2 Å². The first-order valence-corrected chi connectivity index (χ1v) is 9.68. The lowest BCUT2D eigenvalue weighted by atomic mass is 10.0. The monoisotopic (exact) mass is 405 g/mol. The molecule has 7 heteroatoms. The van der Waals surface area contributed by atoms with Crippen molar-refractivity contribution in [2.24, 2.45) is 0 Å². The van der Waals surface area contributed by atoms with Crippen molar-refractivity contribution in [1.82, 2.24) is 15.1 Å². The van der Waals surface area contributed by atoms with Crippen molar-refractivity contribution in [3.05, 3.63) is 70.8 Å². The lowest BCUT2D eigenvalue weighted by Crippen LogP contribution is -2.48. The van der Waals surface area contributed by atoms with Gasteiger partial charge in [-0.15, -0.1) is 0 Å². The minimum Gasteiger partial charge on any atom is -0.350 e. The number of rotatable bonds is 5. The average molecular weight is 405 g/mol. The minimum absolute atomic E-state index is 0.0147. The van der Waals surface area contributed by atoms with E-state index in [1.807, 2.05) is 19.1 Å². The Morgan fingerprint density at radius 2 is 1.72 bits per heavy atom. The molecule has 1 atom stereocenters. The fourth-order valence-electron chi connectivity index (χ4n) is 3.51. The molecule has 1 aliphatic heterocycles. The molecule has 1 heterocycles. The summed E-state index contributed by atoms with van der Waals surface area (Å²) in [6.07, 6.45) is -4.47. The van der Waals surface area contributed by atoms with E-state index in [9.17, 15) is 18.0 Å². The summed E-state index contributed by atoms with van der Waals surface area (Å²) in [6.45, 7) is 5.96. The van der Waals surface area contributed by atoms with Crippen molar-refractivity contribution in [3.8, 4) is 0 Å². The molecule has 2 aromatic rings. The summed E-state index contributed by atoms with van der Waals surface area (Å²) < 4.78 is 38.8. The van der Waals surface area contributed by atoms with Crippen LogP contribution in [0.2, 0.25) is 0 Å². The molecule has 1 fully saturated rings. The molecule has 1 amide bonds. The van der Waals surface area contributed by atoms with Gasteiger partial charge < -0.3 is 10.2 Å². The smallest absolute Gasteiger partial charge is 0.350 e. The van der Waals surface area contributed by atoms with Crippen LogP contribution in [0.1, 0.15) is 33.1 Å². The fraction of sp³-hybridized carbons (Fsp3) is 0.409. The number of aryl methyl sites for hydroxylation is 1. The molecule has 156 valence electrons. The van der Waals surface area contributed by atoms with E-state index in [4.69, 9.17) is 0 Å². The van der Waals surface area contributed by atoms with E-state index < -0.39 is 17.6 Å².